The number of aromatic nitrogens is 2. The second-order valence-electron chi connectivity index (χ2n) is 6.31. The molecule has 2 aromatic carbocycles. The van der Waals surface area contributed by atoms with E-state index in [0.717, 1.165) is 16.8 Å². The molecule has 1 N–H and O–H groups in total. The van der Waals surface area contributed by atoms with E-state index in [1.165, 1.54) is 26.1 Å². The van der Waals surface area contributed by atoms with E-state index < -0.39 is 34.9 Å². The van der Waals surface area contributed by atoms with Gasteiger partial charge in [-0.15, -0.1) is 0 Å². The monoisotopic (exact) mass is 405 g/mol. The van der Waals surface area contributed by atoms with Gasteiger partial charge in [0.15, 0.2) is 11.5 Å². The summed E-state index contributed by atoms with van der Waals surface area (Å²) in [5.41, 5.74) is -1.00. The third-order valence-electron chi connectivity index (χ3n) is 4.18. The van der Waals surface area contributed by atoms with Crippen LogP contribution in [0.4, 0.5) is 23.2 Å². The Hall–Kier alpha value is -3.49. The Kier molecular flexibility index (Phi) is 5.23. The molecular formula is C20H15F4N3O2. The van der Waals surface area contributed by atoms with Gasteiger partial charge in [0.25, 0.3) is 5.91 Å². The van der Waals surface area contributed by atoms with Crippen molar-refractivity contribution in [2.24, 2.45) is 7.05 Å². The molecule has 0 saturated heterocycles. The van der Waals surface area contributed by atoms with Crippen LogP contribution in [0, 0.1) is 5.82 Å². The van der Waals surface area contributed by atoms with Gasteiger partial charge in [0.1, 0.15) is 11.4 Å². The molecule has 150 valence electrons. The van der Waals surface area contributed by atoms with Crippen LogP contribution in [-0.2, 0) is 13.2 Å². The summed E-state index contributed by atoms with van der Waals surface area (Å²) in [4.78, 5) is 24.5. The quantitative estimate of drug-likeness (QED) is 0.506. The van der Waals surface area contributed by atoms with E-state index >= 15 is 0 Å². The van der Waals surface area contributed by atoms with Crippen LogP contribution in [0.3, 0.4) is 0 Å². The first-order valence-electron chi connectivity index (χ1n) is 8.40. The van der Waals surface area contributed by atoms with E-state index in [1.807, 2.05) is 0 Å². The molecule has 9 heteroatoms. The Bertz CT molecular complexity index is 1100. The molecule has 0 spiro atoms. The highest BCUT2D eigenvalue weighted by atomic mass is 19.4. The molecular weight excluding hydrogens is 390 g/mol. The summed E-state index contributed by atoms with van der Waals surface area (Å²) in [5, 5.41) is 6.03. The molecule has 0 aliphatic heterocycles. The normalized spacial score (nSPS) is 11.4. The fourth-order valence-electron chi connectivity index (χ4n) is 2.91. The maximum atomic E-state index is 13.6. The van der Waals surface area contributed by atoms with Crippen molar-refractivity contribution in [1.29, 1.82) is 0 Å². The van der Waals surface area contributed by atoms with Crippen LogP contribution >= 0.6 is 0 Å². The SMILES string of the molecule is CC(=O)c1cc(F)ccc1-c1ccccc1NC(=O)c1nn(C)cc1C(F)(F)F. The number of aryl methyl sites for hydroxylation is 1. The number of hydrogen-bond donors (Lipinski definition) is 1. The van der Waals surface area contributed by atoms with E-state index in [2.05, 4.69) is 10.4 Å². The molecule has 0 fully saturated rings. The lowest BCUT2D eigenvalue weighted by Crippen LogP contribution is -2.18. The van der Waals surface area contributed by atoms with Crippen molar-refractivity contribution in [2.75, 3.05) is 5.32 Å². The summed E-state index contributed by atoms with van der Waals surface area (Å²) >= 11 is 0. The van der Waals surface area contributed by atoms with Crippen LogP contribution in [0.25, 0.3) is 11.1 Å². The first-order chi connectivity index (χ1) is 13.6. The number of anilines is 1. The number of halogens is 4. The van der Waals surface area contributed by atoms with Crippen LogP contribution in [0.1, 0.15) is 33.3 Å². The largest absolute Gasteiger partial charge is 0.420 e. The Morgan fingerprint density at radius 3 is 2.41 bits per heavy atom. The number of Topliss-reactive ketones (excluding diaryl/α,β-unsaturated/α-hetero) is 1. The molecule has 0 unspecified atom stereocenters. The van der Waals surface area contributed by atoms with Crippen LogP contribution < -0.4 is 5.32 Å². The molecule has 1 aromatic heterocycles. The number of nitrogens with one attached hydrogen (secondary N) is 1. The molecule has 3 rings (SSSR count). The van der Waals surface area contributed by atoms with Crippen molar-refractivity contribution in [1.82, 2.24) is 9.78 Å². The van der Waals surface area contributed by atoms with E-state index in [1.54, 1.807) is 18.2 Å². The Balaban J connectivity index is 2.05. The Morgan fingerprint density at radius 2 is 1.76 bits per heavy atom. The van der Waals surface area contributed by atoms with Crippen molar-refractivity contribution in [3.05, 3.63) is 71.3 Å². The van der Waals surface area contributed by atoms with Gasteiger partial charge in [0.2, 0.25) is 0 Å². The van der Waals surface area contributed by atoms with Gasteiger partial charge in [0, 0.05) is 30.1 Å². The van der Waals surface area contributed by atoms with Gasteiger partial charge in [-0.1, -0.05) is 24.3 Å². The molecule has 0 radical (unpaired) electrons. The molecule has 0 aliphatic carbocycles. The summed E-state index contributed by atoms with van der Waals surface area (Å²) in [6.45, 7) is 1.27. The summed E-state index contributed by atoms with van der Waals surface area (Å²) < 4.78 is 54.0. The Labute approximate surface area is 163 Å². The second kappa shape index (κ2) is 7.50. The molecule has 0 bridgehead atoms. The van der Waals surface area contributed by atoms with Crippen molar-refractivity contribution in [3.63, 3.8) is 0 Å². The van der Waals surface area contributed by atoms with E-state index in [-0.39, 0.29) is 11.3 Å². The van der Waals surface area contributed by atoms with Crippen molar-refractivity contribution < 1.29 is 27.2 Å². The predicted molar refractivity (Wildman–Crippen MR) is 98.0 cm³/mol. The van der Waals surface area contributed by atoms with Gasteiger partial charge in [-0.05, 0) is 30.7 Å². The lowest BCUT2D eigenvalue weighted by atomic mass is 9.96. The number of hydrogen-bond acceptors (Lipinski definition) is 3. The van der Waals surface area contributed by atoms with Crippen LogP contribution in [0.15, 0.2) is 48.7 Å². The zero-order chi connectivity index (χ0) is 21.3. The van der Waals surface area contributed by atoms with Crippen molar-refractivity contribution >= 4 is 17.4 Å². The molecule has 0 saturated carbocycles. The first kappa shape index (κ1) is 20.2. The smallest absolute Gasteiger partial charge is 0.320 e. The van der Waals surface area contributed by atoms with E-state index in [4.69, 9.17) is 0 Å². The van der Waals surface area contributed by atoms with E-state index in [0.29, 0.717) is 17.3 Å². The molecule has 29 heavy (non-hydrogen) atoms. The number of carbonyl (C=O) groups excluding carboxylic acids is 2. The number of rotatable bonds is 4. The fraction of sp³-hybridized carbons (Fsp3) is 0.150. The van der Waals surface area contributed by atoms with E-state index in [9.17, 15) is 27.2 Å². The third kappa shape index (κ3) is 4.18. The number of carbonyl (C=O) groups is 2. The second-order valence-corrected chi connectivity index (χ2v) is 6.31. The van der Waals surface area contributed by atoms with Gasteiger partial charge >= 0.3 is 6.18 Å². The zero-order valence-corrected chi connectivity index (χ0v) is 15.3. The highest BCUT2D eigenvalue weighted by Gasteiger charge is 2.38. The highest BCUT2D eigenvalue weighted by Crippen LogP contribution is 2.34. The maximum absolute atomic E-state index is 13.6. The molecule has 0 atom stereocenters. The molecule has 1 amide bonds. The van der Waals surface area contributed by atoms with Crippen LogP contribution in [-0.4, -0.2) is 21.5 Å². The minimum Gasteiger partial charge on any atom is -0.320 e. The zero-order valence-electron chi connectivity index (χ0n) is 15.3. The van der Waals surface area contributed by atoms with Crippen molar-refractivity contribution in [2.45, 2.75) is 13.1 Å². The average molecular weight is 405 g/mol. The van der Waals surface area contributed by atoms with Gasteiger partial charge in [-0.3, -0.25) is 14.3 Å². The average Bonchev–Trinajstić information content (AvgIpc) is 3.05. The lowest BCUT2D eigenvalue weighted by molar-refractivity contribution is -0.137. The fourth-order valence-corrected chi connectivity index (χ4v) is 2.91. The molecule has 0 aliphatic rings. The minimum absolute atomic E-state index is 0.0838. The first-order valence-corrected chi connectivity index (χ1v) is 8.40. The van der Waals surface area contributed by atoms with Gasteiger partial charge < -0.3 is 5.32 Å². The Morgan fingerprint density at radius 1 is 1.07 bits per heavy atom. The molecule has 5 nitrogen and oxygen atoms in total. The third-order valence-corrected chi connectivity index (χ3v) is 4.18. The predicted octanol–water partition coefficient (Wildman–Crippen LogP) is 4.70. The van der Waals surface area contributed by atoms with Gasteiger partial charge in [-0.2, -0.15) is 18.3 Å². The van der Waals surface area contributed by atoms with Crippen molar-refractivity contribution in [3.8, 4) is 11.1 Å². The summed E-state index contributed by atoms with van der Waals surface area (Å²) in [5.74, 6) is -2.06. The van der Waals surface area contributed by atoms with Crippen LogP contribution in [0.2, 0.25) is 0 Å². The molecule has 1 heterocycles. The number of alkyl halides is 3. The number of benzene rings is 2. The highest BCUT2D eigenvalue weighted by molar-refractivity contribution is 6.08. The number of nitrogens with zero attached hydrogens (tertiary/aromatic N) is 2. The number of amides is 1. The van der Waals surface area contributed by atoms with Gasteiger partial charge in [-0.25, -0.2) is 4.39 Å². The van der Waals surface area contributed by atoms with Crippen LogP contribution in [0.5, 0.6) is 0 Å². The minimum atomic E-state index is -4.75. The number of ketones is 1. The molecule has 3 aromatic rings. The maximum Gasteiger partial charge on any atom is 0.420 e. The topological polar surface area (TPSA) is 64.0 Å². The number of para-hydroxylation sites is 1. The summed E-state index contributed by atoms with van der Waals surface area (Å²) in [6.07, 6.45) is -4.03. The summed E-state index contributed by atoms with van der Waals surface area (Å²) in [7, 11) is 1.28. The standard InChI is InChI=1S/C20H15F4N3O2/c1-11(28)15-9-12(21)7-8-13(15)14-5-3-4-6-17(14)25-19(29)18-16(20(22,23)24)10-27(2)26-18/h3-10H,1-2H3,(H,25,29). The lowest BCUT2D eigenvalue weighted by Gasteiger charge is -2.14. The summed E-state index contributed by atoms with van der Waals surface area (Å²) in [6, 6.07) is 9.82. The van der Waals surface area contributed by atoms with Gasteiger partial charge in [0.05, 0.1) is 0 Å².